The number of nitrogens with zero attached hydrogens (tertiary/aromatic N) is 1. The molecule has 17 heavy (non-hydrogen) atoms. The van der Waals surface area contributed by atoms with Crippen molar-refractivity contribution in [3.05, 3.63) is 27.0 Å². The van der Waals surface area contributed by atoms with E-state index in [1.165, 1.54) is 29.8 Å². The summed E-state index contributed by atoms with van der Waals surface area (Å²) in [5.74, 6) is 0. The monoisotopic (exact) mass is 328 g/mol. The molecule has 1 fully saturated rings. The van der Waals surface area contributed by atoms with E-state index in [-0.39, 0.29) is 0 Å². The van der Waals surface area contributed by atoms with Gasteiger partial charge in [-0.2, -0.15) is 0 Å². The molecule has 0 aliphatic carbocycles. The van der Waals surface area contributed by atoms with Gasteiger partial charge in [0.25, 0.3) is 0 Å². The van der Waals surface area contributed by atoms with Gasteiger partial charge < -0.3 is 5.32 Å². The minimum absolute atomic E-state index is 0.470. The molecule has 3 rings (SSSR count). The van der Waals surface area contributed by atoms with Crippen LogP contribution < -0.4 is 5.32 Å². The van der Waals surface area contributed by atoms with E-state index in [2.05, 4.69) is 38.1 Å². The molecule has 1 atom stereocenters. The molecule has 1 unspecified atom stereocenters. The first-order valence-corrected chi connectivity index (χ1v) is 8.31. The van der Waals surface area contributed by atoms with E-state index in [4.69, 9.17) is 4.98 Å². The van der Waals surface area contributed by atoms with Crippen molar-refractivity contribution in [1.29, 1.82) is 0 Å². The summed E-state index contributed by atoms with van der Waals surface area (Å²) in [4.78, 5) is 6.02. The first-order valence-electron chi connectivity index (χ1n) is 5.76. The number of rotatable bonds is 2. The van der Waals surface area contributed by atoms with Crippen molar-refractivity contribution in [3.8, 4) is 9.88 Å². The number of piperidine rings is 1. The van der Waals surface area contributed by atoms with Crippen LogP contribution in [0.15, 0.2) is 21.3 Å². The van der Waals surface area contributed by atoms with Crippen molar-refractivity contribution in [1.82, 2.24) is 10.3 Å². The zero-order valence-electron chi connectivity index (χ0n) is 9.28. The lowest BCUT2D eigenvalue weighted by Crippen LogP contribution is -2.26. The van der Waals surface area contributed by atoms with Crippen LogP contribution in [-0.4, -0.2) is 11.5 Å². The summed E-state index contributed by atoms with van der Waals surface area (Å²) in [6, 6.07) is 2.61. The highest BCUT2D eigenvalue weighted by atomic mass is 79.9. The fourth-order valence-electron chi connectivity index (χ4n) is 2.09. The fraction of sp³-hybridized carbons (Fsp3) is 0.417. The Kier molecular flexibility index (Phi) is 3.61. The predicted octanol–water partition coefficient (Wildman–Crippen LogP) is 4.45. The van der Waals surface area contributed by atoms with Crippen LogP contribution in [0.2, 0.25) is 0 Å². The first kappa shape index (κ1) is 11.8. The third-order valence-corrected chi connectivity index (χ3v) is 5.69. The number of aromatic nitrogens is 1. The molecule has 0 aromatic carbocycles. The van der Waals surface area contributed by atoms with Crippen LogP contribution in [0.1, 0.15) is 31.0 Å². The van der Waals surface area contributed by atoms with Gasteiger partial charge in [0.1, 0.15) is 5.01 Å². The number of halogens is 1. The maximum absolute atomic E-state index is 4.76. The van der Waals surface area contributed by atoms with Crippen molar-refractivity contribution < 1.29 is 0 Å². The van der Waals surface area contributed by atoms with Gasteiger partial charge in [-0.3, -0.25) is 0 Å². The van der Waals surface area contributed by atoms with E-state index in [9.17, 15) is 0 Å². The van der Waals surface area contributed by atoms with Crippen molar-refractivity contribution in [2.75, 3.05) is 6.54 Å². The molecule has 0 spiro atoms. The average molecular weight is 329 g/mol. The molecule has 1 aliphatic heterocycles. The van der Waals surface area contributed by atoms with Gasteiger partial charge in [-0.25, -0.2) is 4.98 Å². The smallest absolute Gasteiger partial charge is 0.133 e. The van der Waals surface area contributed by atoms with Gasteiger partial charge in [-0.05, 0) is 41.4 Å². The Hall–Kier alpha value is -0.230. The number of nitrogens with one attached hydrogen (secondary N) is 1. The summed E-state index contributed by atoms with van der Waals surface area (Å²) in [5, 5.41) is 8.99. The lowest BCUT2D eigenvalue weighted by molar-refractivity contribution is 0.407. The molecule has 3 heterocycles. The SMILES string of the molecule is Brc1csc(-c2nc(C3CCCCN3)cs2)c1. The van der Waals surface area contributed by atoms with Crippen molar-refractivity contribution in [3.63, 3.8) is 0 Å². The minimum atomic E-state index is 0.470. The Morgan fingerprint density at radius 2 is 2.24 bits per heavy atom. The molecular formula is C12H13BrN2S2. The molecule has 1 N–H and O–H groups in total. The third kappa shape index (κ3) is 2.62. The Morgan fingerprint density at radius 3 is 2.94 bits per heavy atom. The normalized spacial score (nSPS) is 20.6. The summed E-state index contributed by atoms with van der Waals surface area (Å²) >= 11 is 6.98. The Morgan fingerprint density at radius 1 is 1.29 bits per heavy atom. The van der Waals surface area contributed by atoms with Gasteiger partial charge in [-0.15, -0.1) is 22.7 Å². The molecule has 90 valence electrons. The number of hydrogen-bond acceptors (Lipinski definition) is 4. The number of thiazole rings is 1. The van der Waals surface area contributed by atoms with Crippen LogP contribution in [0.5, 0.6) is 0 Å². The predicted molar refractivity (Wildman–Crippen MR) is 77.7 cm³/mol. The van der Waals surface area contributed by atoms with Gasteiger partial charge >= 0.3 is 0 Å². The lowest BCUT2D eigenvalue weighted by Gasteiger charge is -2.21. The zero-order chi connectivity index (χ0) is 11.7. The minimum Gasteiger partial charge on any atom is -0.309 e. The van der Waals surface area contributed by atoms with Crippen LogP contribution in [0.25, 0.3) is 9.88 Å². The standard InChI is InChI=1S/C12H13BrN2S2/c13-8-5-11(16-6-8)12-15-10(7-17-12)9-3-1-2-4-14-9/h5-7,9,14H,1-4H2. The second-order valence-electron chi connectivity index (χ2n) is 4.21. The largest absolute Gasteiger partial charge is 0.309 e. The molecule has 0 amide bonds. The van der Waals surface area contributed by atoms with Crippen molar-refractivity contribution in [2.45, 2.75) is 25.3 Å². The molecule has 0 radical (unpaired) electrons. The van der Waals surface area contributed by atoms with Gasteiger partial charge in [-0.1, -0.05) is 6.42 Å². The second kappa shape index (κ2) is 5.18. The Labute approximate surface area is 117 Å². The van der Waals surface area contributed by atoms with E-state index in [0.29, 0.717) is 6.04 Å². The van der Waals surface area contributed by atoms with Crippen LogP contribution in [0, 0.1) is 0 Å². The molecule has 2 aromatic heterocycles. The second-order valence-corrected chi connectivity index (χ2v) is 6.89. The Balaban J connectivity index is 1.82. The molecule has 0 bridgehead atoms. The molecule has 0 saturated carbocycles. The number of thiophene rings is 1. The summed E-state index contributed by atoms with van der Waals surface area (Å²) in [5.41, 5.74) is 1.22. The van der Waals surface area contributed by atoms with E-state index in [1.807, 2.05) is 0 Å². The average Bonchev–Trinajstić information content (AvgIpc) is 2.98. The van der Waals surface area contributed by atoms with Gasteiger partial charge in [0.05, 0.1) is 16.6 Å². The summed E-state index contributed by atoms with van der Waals surface area (Å²) < 4.78 is 1.14. The van der Waals surface area contributed by atoms with E-state index in [0.717, 1.165) is 16.0 Å². The summed E-state index contributed by atoms with van der Waals surface area (Å²) in [6.07, 6.45) is 3.83. The fourth-order valence-corrected chi connectivity index (χ4v) is 4.47. The van der Waals surface area contributed by atoms with Crippen LogP contribution >= 0.6 is 38.6 Å². The zero-order valence-corrected chi connectivity index (χ0v) is 12.5. The topological polar surface area (TPSA) is 24.9 Å². The van der Waals surface area contributed by atoms with Crippen molar-refractivity contribution in [2.24, 2.45) is 0 Å². The van der Waals surface area contributed by atoms with E-state index < -0.39 is 0 Å². The maximum atomic E-state index is 4.76. The van der Waals surface area contributed by atoms with Gasteiger partial charge in [0, 0.05) is 15.2 Å². The quantitative estimate of drug-likeness (QED) is 0.880. The van der Waals surface area contributed by atoms with E-state index >= 15 is 0 Å². The molecule has 1 saturated heterocycles. The van der Waals surface area contributed by atoms with E-state index in [1.54, 1.807) is 22.7 Å². The van der Waals surface area contributed by atoms with Gasteiger partial charge in [0.15, 0.2) is 0 Å². The lowest BCUT2D eigenvalue weighted by atomic mass is 10.0. The Bertz CT molecular complexity index is 500. The number of hydrogen-bond donors (Lipinski definition) is 1. The third-order valence-electron chi connectivity index (χ3n) is 2.97. The maximum Gasteiger partial charge on any atom is 0.133 e. The molecule has 1 aliphatic rings. The first-order chi connectivity index (χ1) is 8.33. The molecular weight excluding hydrogens is 316 g/mol. The van der Waals surface area contributed by atoms with Crippen molar-refractivity contribution >= 4 is 38.6 Å². The molecule has 2 nitrogen and oxygen atoms in total. The molecule has 5 heteroatoms. The highest BCUT2D eigenvalue weighted by Gasteiger charge is 2.18. The van der Waals surface area contributed by atoms with Crippen LogP contribution in [-0.2, 0) is 0 Å². The highest BCUT2D eigenvalue weighted by Crippen LogP contribution is 2.34. The van der Waals surface area contributed by atoms with Crippen LogP contribution in [0.3, 0.4) is 0 Å². The van der Waals surface area contributed by atoms with Gasteiger partial charge in [0.2, 0.25) is 0 Å². The van der Waals surface area contributed by atoms with Crippen LogP contribution in [0.4, 0.5) is 0 Å². The summed E-state index contributed by atoms with van der Waals surface area (Å²) in [6.45, 7) is 1.13. The highest BCUT2D eigenvalue weighted by molar-refractivity contribution is 9.10. The summed E-state index contributed by atoms with van der Waals surface area (Å²) in [7, 11) is 0. The molecule has 2 aromatic rings.